The van der Waals surface area contributed by atoms with Crippen molar-refractivity contribution in [3.8, 4) is 0 Å². The first-order valence-corrected chi connectivity index (χ1v) is 6.93. The van der Waals surface area contributed by atoms with Crippen molar-refractivity contribution in [2.75, 3.05) is 0 Å². The monoisotopic (exact) mass is 305 g/mol. The van der Waals surface area contributed by atoms with Crippen molar-refractivity contribution in [3.05, 3.63) is 75.8 Å². The van der Waals surface area contributed by atoms with Crippen LogP contribution in [0.2, 0.25) is 0 Å². The number of alkyl halides is 2. The minimum Gasteiger partial charge on any atom is -0.258 e. The molecule has 2 rings (SSSR count). The fourth-order valence-electron chi connectivity index (χ4n) is 2.55. The number of nitro groups is 1. The molecule has 0 saturated heterocycles. The van der Waals surface area contributed by atoms with Crippen molar-refractivity contribution >= 4 is 5.69 Å². The van der Waals surface area contributed by atoms with Crippen LogP contribution in [0.5, 0.6) is 0 Å². The Morgan fingerprint density at radius 3 is 2.00 bits per heavy atom. The van der Waals surface area contributed by atoms with Crippen LogP contribution in [0.3, 0.4) is 0 Å². The van der Waals surface area contributed by atoms with Gasteiger partial charge in [0.1, 0.15) is 11.8 Å². The van der Waals surface area contributed by atoms with Gasteiger partial charge in [-0.1, -0.05) is 30.3 Å². The summed E-state index contributed by atoms with van der Waals surface area (Å²) in [6.45, 7) is 2.67. The molecule has 22 heavy (non-hydrogen) atoms. The Hall–Kier alpha value is -2.30. The number of non-ortho nitro benzene ring substituents is 1. The fraction of sp³-hybridized carbons (Fsp3) is 0.294. The van der Waals surface area contributed by atoms with Crippen molar-refractivity contribution in [1.82, 2.24) is 0 Å². The molecule has 0 aliphatic heterocycles. The molecule has 0 unspecified atom stereocenters. The molecule has 0 saturated carbocycles. The summed E-state index contributed by atoms with van der Waals surface area (Å²) in [4.78, 5) is 10.1. The summed E-state index contributed by atoms with van der Waals surface area (Å²) in [6.07, 6.45) is -1.59. The van der Waals surface area contributed by atoms with Gasteiger partial charge >= 0.3 is 0 Å². The summed E-state index contributed by atoms with van der Waals surface area (Å²) in [6, 6.07) is 13.8. The Balaban J connectivity index is 2.38. The molecule has 0 bridgehead atoms. The van der Waals surface area contributed by atoms with Crippen LogP contribution in [0.15, 0.2) is 54.6 Å². The van der Waals surface area contributed by atoms with Crippen molar-refractivity contribution in [2.24, 2.45) is 0 Å². The van der Waals surface area contributed by atoms with Crippen LogP contribution in [-0.4, -0.2) is 10.6 Å². The van der Waals surface area contributed by atoms with Gasteiger partial charge in [0.15, 0.2) is 0 Å². The lowest BCUT2D eigenvalue weighted by Gasteiger charge is -2.30. The van der Waals surface area contributed by atoms with Gasteiger partial charge in [-0.05, 0) is 37.1 Å². The maximum Gasteiger partial charge on any atom is 0.269 e. The lowest BCUT2D eigenvalue weighted by molar-refractivity contribution is -0.384. The highest BCUT2D eigenvalue weighted by atomic mass is 19.2. The van der Waals surface area contributed by atoms with E-state index in [1.807, 2.05) is 0 Å². The molecule has 0 aromatic heterocycles. The fourth-order valence-corrected chi connectivity index (χ4v) is 2.55. The standard InChI is InChI=1S/C17H17F2NO2/c1-17(2,19)15(12-6-4-3-5-7-12)16(18)13-8-10-14(11-9-13)20(21)22/h3-11,15-16H,1-2H3/t15-,16-/m1/s1. The third-order valence-electron chi connectivity index (χ3n) is 3.61. The molecule has 116 valence electrons. The number of hydrogen-bond donors (Lipinski definition) is 0. The molecule has 0 aliphatic carbocycles. The lowest BCUT2D eigenvalue weighted by atomic mass is 9.80. The molecule has 0 radical (unpaired) electrons. The second-order valence-corrected chi connectivity index (χ2v) is 5.70. The Bertz CT molecular complexity index is 636. The van der Waals surface area contributed by atoms with Gasteiger partial charge in [-0.2, -0.15) is 0 Å². The zero-order chi connectivity index (χ0) is 16.3. The molecule has 2 aromatic rings. The zero-order valence-corrected chi connectivity index (χ0v) is 12.4. The van der Waals surface area contributed by atoms with E-state index in [0.717, 1.165) is 0 Å². The van der Waals surface area contributed by atoms with Crippen LogP contribution in [0, 0.1) is 10.1 Å². The second-order valence-electron chi connectivity index (χ2n) is 5.70. The second kappa shape index (κ2) is 6.22. The Morgan fingerprint density at radius 2 is 1.55 bits per heavy atom. The zero-order valence-electron chi connectivity index (χ0n) is 12.4. The normalized spacial score (nSPS) is 14.4. The molecular weight excluding hydrogens is 288 g/mol. The summed E-state index contributed by atoms with van der Waals surface area (Å²) in [5, 5.41) is 10.6. The molecule has 0 spiro atoms. The molecule has 3 nitrogen and oxygen atoms in total. The minimum atomic E-state index is -1.78. The highest BCUT2D eigenvalue weighted by Gasteiger charge is 2.38. The predicted octanol–water partition coefficient (Wildman–Crippen LogP) is 5.14. The largest absolute Gasteiger partial charge is 0.269 e. The Morgan fingerprint density at radius 1 is 1.00 bits per heavy atom. The Labute approximate surface area is 127 Å². The summed E-state index contributed by atoms with van der Waals surface area (Å²) in [5.74, 6) is -0.991. The first kappa shape index (κ1) is 16.1. The topological polar surface area (TPSA) is 43.1 Å². The number of hydrogen-bond acceptors (Lipinski definition) is 2. The van der Waals surface area contributed by atoms with Gasteiger partial charge in [-0.15, -0.1) is 0 Å². The summed E-state index contributed by atoms with van der Waals surface area (Å²) in [7, 11) is 0. The first-order chi connectivity index (χ1) is 10.3. The van der Waals surface area contributed by atoms with Crippen molar-refractivity contribution in [1.29, 1.82) is 0 Å². The molecule has 0 N–H and O–H groups in total. The number of nitro benzene ring substituents is 1. The van der Waals surface area contributed by atoms with Gasteiger partial charge in [0.05, 0.1) is 10.8 Å². The maximum atomic E-state index is 14.9. The molecule has 2 aromatic carbocycles. The average Bonchev–Trinajstić information content (AvgIpc) is 2.47. The van der Waals surface area contributed by atoms with Crippen LogP contribution < -0.4 is 0 Å². The Kier molecular flexibility index (Phi) is 4.54. The van der Waals surface area contributed by atoms with Crippen LogP contribution in [0.1, 0.15) is 37.1 Å². The number of benzene rings is 2. The molecule has 0 aliphatic rings. The molecule has 5 heteroatoms. The van der Waals surface area contributed by atoms with E-state index in [2.05, 4.69) is 0 Å². The lowest BCUT2D eigenvalue weighted by Crippen LogP contribution is -2.27. The van der Waals surface area contributed by atoms with Crippen LogP contribution in [-0.2, 0) is 0 Å². The van der Waals surface area contributed by atoms with Gasteiger partial charge in [0.25, 0.3) is 5.69 Å². The number of halogens is 2. The highest BCUT2D eigenvalue weighted by Crippen LogP contribution is 2.43. The van der Waals surface area contributed by atoms with Gasteiger partial charge in [0.2, 0.25) is 0 Å². The van der Waals surface area contributed by atoms with E-state index in [0.29, 0.717) is 5.56 Å². The van der Waals surface area contributed by atoms with E-state index in [-0.39, 0.29) is 11.3 Å². The smallest absolute Gasteiger partial charge is 0.258 e. The average molecular weight is 305 g/mol. The van der Waals surface area contributed by atoms with Crippen LogP contribution >= 0.6 is 0 Å². The van der Waals surface area contributed by atoms with E-state index in [9.17, 15) is 18.9 Å². The third-order valence-corrected chi connectivity index (χ3v) is 3.61. The van der Waals surface area contributed by atoms with E-state index in [1.165, 1.54) is 38.1 Å². The van der Waals surface area contributed by atoms with Gasteiger partial charge < -0.3 is 0 Å². The van der Waals surface area contributed by atoms with E-state index in [1.54, 1.807) is 30.3 Å². The van der Waals surface area contributed by atoms with Crippen molar-refractivity contribution < 1.29 is 13.7 Å². The van der Waals surface area contributed by atoms with Crippen LogP contribution in [0.25, 0.3) is 0 Å². The van der Waals surface area contributed by atoms with E-state index in [4.69, 9.17) is 0 Å². The number of rotatable bonds is 5. The van der Waals surface area contributed by atoms with E-state index >= 15 is 0 Å². The minimum absolute atomic E-state index is 0.119. The summed E-state index contributed by atoms with van der Waals surface area (Å²) >= 11 is 0. The highest BCUT2D eigenvalue weighted by molar-refractivity contribution is 5.36. The molecule has 0 amide bonds. The summed E-state index contributed by atoms with van der Waals surface area (Å²) < 4.78 is 29.4. The van der Waals surface area contributed by atoms with Gasteiger partial charge in [0, 0.05) is 12.1 Å². The predicted molar refractivity (Wildman–Crippen MR) is 81.3 cm³/mol. The summed E-state index contributed by atoms with van der Waals surface area (Å²) in [5.41, 5.74) is -1.11. The molecule has 0 fully saturated rings. The van der Waals surface area contributed by atoms with Gasteiger partial charge in [-0.3, -0.25) is 10.1 Å². The quantitative estimate of drug-likeness (QED) is 0.567. The van der Waals surface area contributed by atoms with Crippen molar-refractivity contribution in [2.45, 2.75) is 31.6 Å². The van der Waals surface area contributed by atoms with Gasteiger partial charge in [-0.25, -0.2) is 8.78 Å². The SMILES string of the molecule is CC(C)(F)[C@H](c1ccccc1)[C@H](F)c1ccc([N+](=O)[O-])cc1. The molecule has 0 heterocycles. The number of nitrogens with zero attached hydrogens (tertiary/aromatic N) is 1. The van der Waals surface area contributed by atoms with Crippen molar-refractivity contribution in [3.63, 3.8) is 0 Å². The molecule has 2 atom stereocenters. The van der Waals surface area contributed by atoms with Crippen LogP contribution in [0.4, 0.5) is 14.5 Å². The van der Waals surface area contributed by atoms with E-state index < -0.39 is 22.7 Å². The first-order valence-electron chi connectivity index (χ1n) is 6.93. The third kappa shape index (κ3) is 3.47. The molecular formula is C17H17F2NO2. The maximum absolute atomic E-state index is 14.9.